The highest BCUT2D eigenvalue weighted by atomic mass is 32.2. The molecule has 1 heterocycles. The Hall–Kier alpha value is -3.66. The number of anilines is 1. The number of methoxy groups -OCH3 is 1. The second kappa shape index (κ2) is 11.4. The van der Waals surface area contributed by atoms with Crippen LogP contribution in [0.5, 0.6) is 23.1 Å². The summed E-state index contributed by atoms with van der Waals surface area (Å²) in [6, 6.07) is 11.9. The minimum absolute atomic E-state index is 0.00478. The topological polar surface area (TPSA) is 117 Å². The SMILES string of the molecule is COc1ccc(C)c(Oc2c(NS(=O)(=O)c3ccc(C(C)(C)C)cc3)ncnc2OCCCC=O)c1. The van der Waals surface area contributed by atoms with E-state index in [0.29, 0.717) is 24.3 Å². The summed E-state index contributed by atoms with van der Waals surface area (Å²) in [4.78, 5) is 19.0. The molecule has 1 N–H and O–H groups in total. The summed E-state index contributed by atoms with van der Waals surface area (Å²) in [7, 11) is -2.47. The molecule has 0 fully saturated rings. The van der Waals surface area contributed by atoms with Gasteiger partial charge in [-0.25, -0.2) is 13.4 Å². The van der Waals surface area contributed by atoms with E-state index in [4.69, 9.17) is 14.2 Å². The third-order valence-corrected chi connectivity index (χ3v) is 6.70. The van der Waals surface area contributed by atoms with Crippen molar-refractivity contribution < 1.29 is 27.4 Å². The summed E-state index contributed by atoms with van der Waals surface area (Å²) in [5.41, 5.74) is 1.67. The molecule has 0 unspecified atom stereocenters. The van der Waals surface area contributed by atoms with Crippen LogP contribution in [0.2, 0.25) is 0 Å². The Morgan fingerprint density at radius 1 is 1.06 bits per heavy atom. The Labute approximate surface area is 211 Å². The number of hydrogen-bond donors (Lipinski definition) is 1. The Balaban J connectivity index is 1.99. The monoisotopic (exact) mass is 513 g/mol. The maximum Gasteiger partial charge on any atom is 0.263 e. The van der Waals surface area contributed by atoms with Gasteiger partial charge < -0.3 is 19.0 Å². The van der Waals surface area contributed by atoms with Crippen LogP contribution in [0, 0.1) is 6.92 Å². The molecule has 36 heavy (non-hydrogen) atoms. The number of nitrogens with zero attached hydrogens (tertiary/aromatic N) is 2. The van der Waals surface area contributed by atoms with Gasteiger partial charge in [-0.3, -0.25) is 4.72 Å². The number of unbranched alkanes of at least 4 members (excludes halogenated alkanes) is 1. The number of carbonyl (C=O) groups is 1. The van der Waals surface area contributed by atoms with Crippen molar-refractivity contribution in [1.82, 2.24) is 9.97 Å². The molecule has 0 spiro atoms. The number of ether oxygens (including phenoxy) is 3. The maximum absolute atomic E-state index is 13.2. The number of aryl methyl sites for hydroxylation is 1. The molecule has 0 saturated carbocycles. The Morgan fingerprint density at radius 3 is 2.42 bits per heavy atom. The molecule has 2 aromatic carbocycles. The molecule has 192 valence electrons. The summed E-state index contributed by atoms with van der Waals surface area (Å²) >= 11 is 0. The van der Waals surface area contributed by atoms with Gasteiger partial charge in [0.15, 0.2) is 5.82 Å². The molecule has 0 atom stereocenters. The standard InChI is InChI=1S/C26H31N3O6S/c1-18-8-11-20(33-5)16-22(18)35-23-24(27-17-28-25(23)34-15-7-6-14-30)29-36(31,32)21-12-9-19(10-13-21)26(2,3)4/h8-14,16-17H,6-7,15H2,1-5H3,(H,27,28,29). The van der Waals surface area contributed by atoms with Crippen LogP contribution in [0.1, 0.15) is 44.7 Å². The highest BCUT2D eigenvalue weighted by Crippen LogP contribution is 2.39. The van der Waals surface area contributed by atoms with Crippen LogP contribution in [0.25, 0.3) is 0 Å². The van der Waals surface area contributed by atoms with E-state index in [9.17, 15) is 13.2 Å². The van der Waals surface area contributed by atoms with Gasteiger partial charge in [0.05, 0.1) is 18.6 Å². The number of carbonyl (C=O) groups excluding carboxylic acids is 1. The minimum Gasteiger partial charge on any atom is -0.497 e. The van der Waals surface area contributed by atoms with E-state index in [2.05, 4.69) is 35.5 Å². The van der Waals surface area contributed by atoms with Gasteiger partial charge in [0.1, 0.15) is 24.1 Å². The van der Waals surface area contributed by atoms with Gasteiger partial charge in [0, 0.05) is 12.5 Å². The predicted molar refractivity (Wildman–Crippen MR) is 137 cm³/mol. The van der Waals surface area contributed by atoms with Crippen molar-refractivity contribution in [1.29, 1.82) is 0 Å². The minimum atomic E-state index is -4.01. The van der Waals surface area contributed by atoms with E-state index in [-0.39, 0.29) is 34.4 Å². The summed E-state index contributed by atoms with van der Waals surface area (Å²) in [5, 5.41) is 0. The largest absolute Gasteiger partial charge is 0.497 e. The lowest BCUT2D eigenvalue weighted by Crippen LogP contribution is -2.16. The molecule has 0 aliphatic rings. The number of benzene rings is 2. The molecule has 0 bridgehead atoms. The van der Waals surface area contributed by atoms with E-state index in [1.165, 1.54) is 13.4 Å². The van der Waals surface area contributed by atoms with E-state index in [0.717, 1.165) is 17.4 Å². The lowest BCUT2D eigenvalue weighted by Gasteiger charge is -2.19. The Kier molecular flexibility index (Phi) is 8.52. The maximum atomic E-state index is 13.2. The molecule has 0 saturated heterocycles. The van der Waals surface area contributed by atoms with Crippen molar-refractivity contribution in [2.24, 2.45) is 0 Å². The van der Waals surface area contributed by atoms with Gasteiger partial charge >= 0.3 is 0 Å². The fraction of sp³-hybridized carbons (Fsp3) is 0.346. The Bertz CT molecular complexity index is 1300. The van der Waals surface area contributed by atoms with Crippen LogP contribution in [0.15, 0.2) is 53.7 Å². The number of hydrogen-bond acceptors (Lipinski definition) is 8. The molecule has 3 rings (SSSR count). The van der Waals surface area contributed by atoms with Crippen LogP contribution in [0.3, 0.4) is 0 Å². The zero-order valence-electron chi connectivity index (χ0n) is 21.1. The number of sulfonamides is 1. The molecular formula is C26H31N3O6S. The zero-order chi connectivity index (χ0) is 26.3. The third kappa shape index (κ3) is 6.72. The van der Waals surface area contributed by atoms with E-state index >= 15 is 0 Å². The molecule has 3 aromatic rings. The molecule has 1 aromatic heterocycles. The predicted octanol–water partition coefficient (Wildman–Crippen LogP) is 5.04. The van der Waals surface area contributed by atoms with Crippen molar-refractivity contribution in [2.75, 3.05) is 18.4 Å². The van der Waals surface area contributed by atoms with Crippen LogP contribution in [-0.4, -0.2) is 38.4 Å². The zero-order valence-corrected chi connectivity index (χ0v) is 21.9. The second-order valence-corrected chi connectivity index (χ2v) is 10.8. The molecule has 0 aliphatic heterocycles. The van der Waals surface area contributed by atoms with E-state index in [1.54, 1.807) is 36.4 Å². The lowest BCUT2D eigenvalue weighted by atomic mass is 9.87. The van der Waals surface area contributed by atoms with Crippen LogP contribution in [-0.2, 0) is 20.2 Å². The highest BCUT2D eigenvalue weighted by Gasteiger charge is 2.23. The van der Waals surface area contributed by atoms with Crippen LogP contribution >= 0.6 is 0 Å². The fourth-order valence-electron chi connectivity index (χ4n) is 3.21. The van der Waals surface area contributed by atoms with Gasteiger partial charge in [-0.05, 0) is 48.1 Å². The number of rotatable bonds is 11. The number of aromatic nitrogens is 2. The summed E-state index contributed by atoms with van der Waals surface area (Å²) in [6.07, 6.45) is 2.76. The molecule has 0 radical (unpaired) electrons. The number of nitrogens with one attached hydrogen (secondary N) is 1. The normalized spacial score (nSPS) is 11.6. The molecule has 10 heteroatoms. The number of aldehydes is 1. The van der Waals surface area contributed by atoms with Gasteiger partial charge in [0.2, 0.25) is 5.75 Å². The first-order valence-corrected chi connectivity index (χ1v) is 12.9. The van der Waals surface area contributed by atoms with E-state index < -0.39 is 10.0 Å². The molecule has 0 aliphatic carbocycles. The summed E-state index contributed by atoms with van der Waals surface area (Å²) in [6.45, 7) is 8.18. The van der Waals surface area contributed by atoms with Gasteiger partial charge in [0.25, 0.3) is 15.9 Å². The van der Waals surface area contributed by atoms with Gasteiger partial charge in [-0.2, -0.15) is 4.98 Å². The van der Waals surface area contributed by atoms with Crippen molar-refractivity contribution in [3.63, 3.8) is 0 Å². The molecule has 0 amide bonds. The average molecular weight is 514 g/mol. The first-order valence-electron chi connectivity index (χ1n) is 11.4. The Morgan fingerprint density at radius 2 is 1.78 bits per heavy atom. The molecule has 9 nitrogen and oxygen atoms in total. The molecular weight excluding hydrogens is 482 g/mol. The lowest BCUT2D eigenvalue weighted by molar-refractivity contribution is -0.108. The summed E-state index contributed by atoms with van der Waals surface area (Å²) < 4.78 is 46.0. The smallest absolute Gasteiger partial charge is 0.263 e. The van der Waals surface area contributed by atoms with Crippen molar-refractivity contribution in [3.8, 4) is 23.1 Å². The third-order valence-electron chi connectivity index (χ3n) is 5.35. The van der Waals surface area contributed by atoms with Crippen molar-refractivity contribution >= 4 is 22.1 Å². The first-order chi connectivity index (χ1) is 17.0. The summed E-state index contributed by atoms with van der Waals surface area (Å²) in [5.74, 6) is 0.921. The van der Waals surface area contributed by atoms with Crippen molar-refractivity contribution in [3.05, 3.63) is 59.9 Å². The average Bonchev–Trinajstić information content (AvgIpc) is 2.84. The van der Waals surface area contributed by atoms with Crippen LogP contribution in [0.4, 0.5) is 5.82 Å². The van der Waals surface area contributed by atoms with Crippen LogP contribution < -0.4 is 18.9 Å². The first kappa shape index (κ1) is 26.9. The van der Waals surface area contributed by atoms with Gasteiger partial charge in [-0.15, -0.1) is 0 Å². The van der Waals surface area contributed by atoms with Gasteiger partial charge in [-0.1, -0.05) is 39.0 Å². The van der Waals surface area contributed by atoms with Crippen molar-refractivity contribution in [2.45, 2.75) is 50.8 Å². The van der Waals surface area contributed by atoms with E-state index in [1.807, 2.05) is 13.0 Å². The highest BCUT2D eigenvalue weighted by molar-refractivity contribution is 7.92. The fourth-order valence-corrected chi connectivity index (χ4v) is 4.22. The second-order valence-electron chi connectivity index (χ2n) is 9.13. The quantitative estimate of drug-likeness (QED) is 0.280.